The van der Waals surface area contributed by atoms with E-state index in [4.69, 9.17) is 5.73 Å². The predicted molar refractivity (Wildman–Crippen MR) is 71.3 cm³/mol. The second-order valence-electron chi connectivity index (χ2n) is 5.61. The highest BCUT2D eigenvalue weighted by atomic mass is 32.2. The summed E-state index contributed by atoms with van der Waals surface area (Å²) < 4.78 is 23.9. The maximum Gasteiger partial charge on any atom is 0.154 e. The first-order valence-electron chi connectivity index (χ1n) is 5.70. The Balaban J connectivity index is 2.76. The molecule has 0 saturated heterocycles. The zero-order chi connectivity index (χ0) is 13.1. The van der Waals surface area contributed by atoms with E-state index in [0.717, 1.165) is 11.1 Å². The number of hydrogen-bond acceptors (Lipinski definition) is 3. The highest BCUT2D eigenvalue weighted by Crippen LogP contribution is 2.19. The van der Waals surface area contributed by atoms with Gasteiger partial charge >= 0.3 is 0 Å². The number of hydrogen-bond donors (Lipinski definition) is 1. The summed E-state index contributed by atoms with van der Waals surface area (Å²) in [5, 5.41) is 0. The van der Waals surface area contributed by atoms with Gasteiger partial charge in [0.1, 0.15) is 0 Å². The van der Waals surface area contributed by atoms with Crippen molar-refractivity contribution in [3.63, 3.8) is 0 Å². The van der Waals surface area contributed by atoms with Crippen molar-refractivity contribution < 1.29 is 8.42 Å². The number of benzene rings is 1. The normalized spacial score (nSPS) is 12.7. The smallest absolute Gasteiger partial charge is 0.154 e. The molecule has 0 spiro atoms. The van der Waals surface area contributed by atoms with Crippen LogP contribution >= 0.6 is 0 Å². The first-order chi connectivity index (χ1) is 7.72. The van der Waals surface area contributed by atoms with E-state index >= 15 is 0 Å². The summed E-state index contributed by atoms with van der Waals surface area (Å²) in [5.41, 5.74) is 7.13. The van der Waals surface area contributed by atoms with Gasteiger partial charge in [-0.1, -0.05) is 45.0 Å². The van der Waals surface area contributed by atoms with Crippen LogP contribution in [0.4, 0.5) is 0 Å². The Morgan fingerprint density at radius 3 is 1.94 bits per heavy atom. The third-order valence-corrected chi connectivity index (χ3v) is 4.38. The van der Waals surface area contributed by atoms with Gasteiger partial charge in [-0.2, -0.15) is 0 Å². The molecule has 4 heteroatoms. The van der Waals surface area contributed by atoms with E-state index in [0.29, 0.717) is 6.54 Å². The Bertz CT molecular complexity index is 455. The molecule has 0 saturated carbocycles. The molecule has 0 aliphatic carbocycles. The van der Waals surface area contributed by atoms with E-state index in [9.17, 15) is 8.42 Å². The van der Waals surface area contributed by atoms with Gasteiger partial charge in [-0.3, -0.25) is 0 Å². The molecular weight excluding hydrogens is 234 g/mol. The minimum Gasteiger partial charge on any atom is -0.326 e. The number of sulfone groups is 1. The standard InChI is InChI=1S/C13H21NO2S/c1-13(2,3)10-17(15,16)9-12-6-4-11(8-14)5-7-12/h4-7H,8-10,14H2,1-3H3. The molecule has 0 aliphatic rings. The molecule has 0 fully saturated rings. The summed E-state index contributed by atoms with van der Waals surface area (Å²) in [5.74, 6) is 0.313. The Labute approximate surface area is 104 Å². The molecule has 0 aromatic heterocycles. The zero-order valence-corrected chi connectivity index (χ0v) is 11.5. The summed E-state index contributed by atoms with van der Waals surface area (Å²) in [4.78, 5) is 0. The van der Waals surface area contributed by atoms with Crippen LogP contribution in [-0.4, -0.2) is 14.2 Å². The Morgan fingerprint density at radius 2 is 1.53 bits per heavy atom. The van der Waals surface area contributed by atoms with Crippen molar-refractivity contribution >= 4 is 9.84 Å². The lowest BCUT2D eigenvalue weighted by Crippen LogP contribution is -2.22. The van der Waals surface area contributed by atoms with Crippen molar-refractivity contribution in [2.75, 3.05) is 5.75 Å². The molecule has 96 valence electrons. The molecule has 1 rings (SSSR count). The molecule has 1 aromatic rings. The van der Waals surface area contributed by atoms with Crippen LogP contribution in [0.5, 0.6) is 0 Å². The zero-order valence-electron chi connectivity index (χ0n) is 10.7. The third-order valence-electron chi connectivity index (χ3n) is 2.30. The molecule has 1 aromatic carbocycles. The van der Waals surface area contributed by atoms with Crippen LogP contribution < -0.4 is 5.73 Å². The van der Waals surface area contributed by atoms with E-state index in [1.165, 1.54) is 0 Å². The van der Waals surface area contributed by atoms with Crippen LogP contribution in [0.25, 0.3) is 0 Å². The van der Waals surface area contributed by atoms with Crippen molar-refractivity contribution in [2.24, 2.45) is 11.1 Å². The summed E-state index contributed by atoms with van der Waals surface area (Å²) in [6.45, 7) is 6.28. The molecule has 2 N–H and O–H groups in total. The summed E-state index contributed by atoms with van der Waals surface area (Å²) in [6, 6.07) is 7.43. The maximum absolute atomic E-state index is 11.9. The van der Waals surface area contributed by atoms with E-state index in [2.05, 4.69) is 0 Å². The minimum atomic E-state index is -3.04. The molecule has 17 heavy (non-hydrogen) atoms. The third kappa shape index (κ3) is 5.33. The average Bonchev–Trinajstić information content (AvgIpc) is 2.14. The summed E-state index contributed by atoms with van der Waals surface area (Å²) in [6.07, 6.45) is 0. The lowest BCUT2D eigenvalue weighted by molar-refractivity contribution is 0.461. The van der Waals surface area contributed by atoms with Gasteiger partial charge in [0.05, 0.1) is 11.5 Å². The number of rotatable bonds is 4. The molecule has 0 amide bonds. The SMILES string of the molecule is CC(C)(C)CS(=O)(=O)Cc1ccc(CN)cc1. The van der Waals surface area contributed by atoms with Gasteiger partial charge in [0, 0.05) is 6.54 Å². The highest BCUT2D eigenvalue weighted by molar-refractivity contribution is 7.90. The number of nitrogens with two attached hydrogens (primary N) is 1. The Kier molecular flexibility index (Phi) is 4.33. The molecule has 0 atom stereocenters. The van der Waals surface area contributed by atoms with Crippen molar-refractivity contribution in [3.05, 3.63) is 35.4 Å². The molecule has 0 radical (unpaired) electrons. The Hall–Kier alpha value is -0.870. The van der Waals surface area contributed by atoms with E-state index < -0.39 is 9.84 Å². The van der Waals surface area contributed by atoms with Gasteiger partial charge in [-0.05, 0) is 16.5 Å². The van der Waals surface area contributed by atoms with Crippen LogP contribution in [0.15, 0.2) is 24.3 Å². The lowest BCUT2D eigenvalue weighted by atomic mass is 10.0. The second-order valence-corrected chi connectivity index (χ2v) is 7.68. The minimum absolute atomic E-state index is 0.106. The molecule has 3 nitrogen and oxygen atoms in total. The van der Waals surface area contributed by atoms with Crippen molar-refractivity contribution in [1.29, 1.82) is 0 Å². The molecular formula is C13H21NO2S. The van der Waals surface area contributed by atoms with Gasteiger partial charge in [-0.15, -0.1) is 0 Å². The van der Waals surface area contributed by atoms with Gasteiger partial charge < -0.3 is 5.73 Å². The largest absolute Gasteiger partial charge is 0.326 e. The first kappa shape index (κ1) is 14.2. The fraction of sp³-hybridized carbons (Fsp3) is 0.538. The van der Waals surface area contributed by atoms with E-state index in [1.807, 2.05) is 45.0 Å². The fourth-order valence-corrected chi connectivity index (χ4v) is 3.86. The van der Waals surface area contributed by atoms with Gasteiger partial charge in [-0.25, -0.2) is 8.42 Å². The van der Waals surface area contributed by atoms with Crippen molar-refractivity contribution in [3.8, 4) is 0 Å². The lowest BCUT2D eigenvalue weighted by Gasteiger charge is -2.18. The molecule has 0 heterocycles. The summed E-state index contributed by atoms with van der Waals surface area (Å²) in [7, 11) is -3.04. The van der Waals surface area contributed by atoms with Gasteiger partial charge in [0.2, 0.25) is 0 Å². The van der Waals surface area contributed by atoms with Gasteiger partial charge in [0.15, 0.2) is 9.84 Å². The van der Waals surface area contributed by atoms with Gasteiger partial charge in [0.25, 0.3) is 0 Å². The summed E-state index contributed by atoms with van der Waals surface area (Å²) >= 11 is 0. The monoisotopic (exact) mass is 255 g/mol. The molecule has 0 unspecified atom stereocenters. The van der Waals surface area contributed by atoms with E-state index in [1.54, 1.807) is 0 Å². The maximum atomic E-state index is 11.9. The fourth-order valence-electron chi connectivity index (χ4n) is 1.74. The highest BCUT2D eigenvalue weighted by Gasteiger charge is 2.21. The van der Waals surface area contributed by atoms with Crippen molar-refractivity contribution in [1.82, 2.24) is 0 Å². The molecule has 0 bridgehead atoms. The molecule has 0 aliphatic heterocycles. The Morgan fingerprint density at radius 1 is 1.06 bits per heavy atom. The van der Waals surface area contributed by atoms with E-state index in [-0.39, 0.29) is 16.9 Å². The van der Waals surface area contributed by atoms with Crippen LogP contribution in [0.1, 0.15) is 31.9 Å². The van der Waals surface area contributed by atoms with Crippen molar-refractivity contribution in [2.45, 2.75) is 33.1 Å². The quantitative estimate of drug-likeness (QED) is 0.896. The average molecular weight is 255 g/mol. The van der Waals surface area contributed by atoms with Crippen LogP contribution in [0, 0.1) is 5.41 Å². The van der Waals surface area contributed by atoms with Crippen LogP contribution in [0.3, 0.4) is 0 Å². The van der Waals surface area contributed by atoms with Crippen LogP contribution in [0.2, 0.25) is 0 Å². The first-order valence-corrected chi connectivity index (χ1v) is 7.52. The van der Waals surface area contributed by atoms with Crippen LogP contribution in [-0.2, 0) is 22.1 Å². The second kappa shape index (κ2) is 5.19. The predicted octanol–water partition coefficient (Wildman–Crippen LogP) is 2.11. The topological polar surface area (TPSA) is 60.2 Å².